The summed E-state index contributed by atoms with van der Waals surface area (Å²) in [6.45, 7) is 5.41. The van der Waals surface area contributed by atoms with Gasteiger partial charge in [-0.2, -0.15) is 12.6 Å². The van der Waals surface area contributed by atoms with Gasteiger partial charge in [0.2, 0.25) is 0 Å². The minimum Gasteiger partial charge on any atom is -0.395 e. The fraction of sp³-hybridized carbons (Fsp3) is 1.00. The van der Waals surface area contributed by atoms with E-state index in [4.69, 9.17) is 5.11 Å². The summed E-state index contributed by atoms with van der Waals surface area (Å²) in [5.41, 5.74) is 0. The van der Waals surface area contributed by atoms with Gasteiger partial charge in [-0.1, -0.05) is 0 Å². The number of hydrogen-bond donors (Lipinski definition) is 2. The van der Waals surface area contributed by atoms with Crippen molar-refractivity contribution < 1.29 is 5.11 Å². The van der Waals surface area contributed by atoms with Gasteiger partial charge in [0.25, 0.3) is 0 Å². The van der Waals surface area contributed by atoms with Crippen LogP contribution in [0.3, 0.4) is 0 Å². The molecule has 0 aromatic carbocycles. The number of hydrogen-bond acceptors (Lipinski definition) is 4. The van der Waals surface area contributed by atoms with Gasteiger partial charge in [-0.25, -0.2) is 0 Å². The summed E-state index contributed by atoms with van der Waals surface area (Å²) in [5, 5.41) is 8.67. The molecule has 1 rings (SSSR count). The first kappa shape index (κ1) is 9.32. The average Bonchev–Trinajstić information content (AvgIpc) is 2.07. The van der Waals surface area contributed by atoms with Crippen LogP contribution in [0.2, 0.25) is 0 Å². The van der Waals surface area contributed by atoms with E-state index >= 15 is 0 Å². The molecule has 0 saturated carbocycles. The Labute approximate surface area is 73.4 Å². The lowest BCUT2D eigenvalue weighted by Crippen LogP contribution is -2.46. The molecule has 1 heterocycles. The number of thiol groups is 1. The van der Waals surface area contributed by atoms with E-state index in [2.05, 4.69) is 22.4 Å². The van der Waals surface area contributed by atoms with Gasteiger partial charge in [-0.15, -0.1) is 0 Å². The largest absolute Gasteiger partial charge is 0.395 e. The van der Waals surface area contributed by atoms with Crippen molar-refractivity contribution in [2.24, 2.45) is 0 Å². The number of β-amino-alcohol motifs (C(OH)–C–C–N with tert-alkyl or cyclic N) is 1. The van der Waals surface area contributed by atoms with E-state index in [1.807, 2.05) is 0 Å². The second-order valence-corrected chi connectivity index (χ2v) is 3.11. The van der Waals surface area contributed by atoms with Crippen molar-refractivity contribution >= 4 is 12.6 Å². The van der Waals surface area contributed by atoms with Crippen molar-refractivity contribution in [2.45, 2.75) is 0 Å². The topological polar surface area (TPSA) is 26.7 Å². The predicted molar refractivity (Wildman–Crippen MR) is 49.0 cm³/mol. The molecule has 0 aliphatic carbocycles. The van der Waals surface area contributed by atoms with Gasteiger partial charge < -0.3 is 5.11 Å². The van der Waals surface area contributed by atoms with E-state index in [-0.39, 0.29) is 6.61 Å². The van der Waals surface area contributed by atoms with Crippen molar-refractivity contribution in [1.82, 2.24) is 9.80 Å². The summed E-state index contributed by atoms with van der Waals surface area (Å²) >= 11 is 4.20. The molecule has 0 amide bonds. The van der Waals surface area contributed by atoms with Crippen molar-refractivity contribution in [2.75, 3.05) is 45.2 Å². The SMILES string of the molecule is OCCN1CCN(CS)CC1. The molecule has 1 fully saturated rings. The monoisotopic (exact) mass is 176 g/mol. The number of aliphatic hydroxyl groups excluding tert-OH is 1. The van der Waals surface area contributed by atoms with Crippen LogP contribution in [0.25, 0.3) is 0 Å². The van der Waals surface area contributed by atoms with Crippen molar-refractivity contribution in [1.29, 1.82) is 0 Å². The van der Waals surface area contributed by atoms with Crippen LogP contribution >= 0.6 is 12.6 Å². The predicted octanol–water partition coefficient (Wildman–Crippen LogP) is -0.516. The van der Waals surface area contributed by atoms with E-state index in [9.17, 15) is 0 Å². The van der Waals surface area contributed by atoms with E-state index < -0.39 is 0 Å². The first-order valence-electron chi connectivity index (χ1n) is 4.03. The van der Waals surface area contributed by atoms with Crippen LogP contribution in [0.15, 0.2) is 0 Å². The quantitative estimate of drug-likeness (QED) is 0.567. The van der Waals surface area contributed by atoms with E-state index in [0.717, 1.165) is 38.6 Å². The van der Waals surface area contributed by atoms with Crippen LogP contribution in [0.4, 0.5) is 0 Å². The lowest BCUT2D eigenvalue weighted by Gasteiger charge is -2.33. The molecule has 1 saturated heterocycles. The molecule has 0 aromatic rings. The molecule has 1 aliphatic heterocycles. The highest BCUT2D eigenvalue weighted by Crippen LogP contribution is 2.00. The van der Waals surface area contributed by atoms with E-state index in [1.54, 1.807) is 0 Å². The Balaban J connectivity index is 2.14. The third-order valence-corrected chi connectivity index (χ3v) is 2.48. The number of piperazine rings is 1. The fourth-order valence-electron chi connectivity index (χ4n) is 1.30. The molecular formula is C7H16N2OS. The molecule has 0 spiro atoms. The van der Waals surface area contributed by atoms with Crippen LogP contribution in [-0.2, 0) is 0 Å². The highest BCUT2D eigenvalue weighted by atomic mass is 32.1. The Kier molecular flexibility index (Phi) is 4.22. The van der Waals surface area contributed by atoms with E-state index in [0.29, 0.717) is 0 Å². The highest BCUT2D eigenvalue weighted by Gasteiger charge is 2.14. The summed E-state index contributed by atoms with van der Waals surface area (Å²) in [7, 11) is 0. The zero-order chi connectivity index (χ0) is 8.10. The maximum atomic E-state index is 8.67. The van der Waals surface area contributed by atoms with Gasteiger partial charge in [0, 0.05) is 38.6 Å². The third-order valence-electron chi connectivity index (χ3n) is 2.08. The minimum absolute atomic E-state index is 0.279. The zero-order valence-corrected chi connectivity index (χ0v) is 7.63. The van der Waals surface area contributed by atoms with Crippen LogP contribution in [-0.4, -0.2) is 60.1 Å². The normalized spacial score (nSPS) is 22.4. The minimum atomic E-state index is 0.279. The Morgan fingerprint density at radius 3 is 2.09 bits per heavy atom. The smallest absolute Gasteiger partial charge is 0.0558 e. The van der Waals surface area contributed by atoms with Crippen LogP contribution in [0.1, 0.15) is 0 Å². The van der Waals surface area contributed by atoms with Crippen LogP contribution in [0.5, 0.6) is 0 Å². The van der Waals surface area contributed by atoms with Crippen molar-refractivity contribution in [3.8, 4) is 0 Å². The van der Waals surface area contributed by atoms with E-state index in [1.165, 1.54) is 0 Å². The second-order valence-electron chi connectivity index (χ2n) is 2.82. The molecule has 66 valence electrons. The molecule has 0 unspecified atom stereocenters. The molecule has 4 heteroatoms. The van der Waals surface area contributed by atoms with Crippen molar-refractivity contribution in [3.05, 3.63) is 0 Å². The Morgan fingerprint density at radius 2 is 1.64 bits per heavy atom. The first-order valence-corrected chi connectivity index (χ1v) is 4.66. The molecule has 3 nitrogen and oxygen atoms in total. The maximum Gasteiger partial charge on any atom is 0.0558 e. The first-order chi connectivity index (χ1) is 5.36. The Morgan fingerprint density at radius 1 is 1.09 bits per heavy atom. The zero-order valence-electron chi connectivity index (χ0n) is 6.74. The highest BCUT2D eigenvalue weighted by molar-refractivity contribution is 7.80. The summed E-state index contributed by atoms with van der Waals surface area (Å²) in [4.78, 5) is 4.58. The van der Waals surface area contributed by atoms with Crippen LogP contribution in [0, 0.1) is 0 Å². The molecule has 1 N–H and O–H groups in total. The number of nitrogens with zero attached hydrogens (tertiary/aromatic N) is 2. The second kappa shape index (κ2) is 4.98. The van der Waals surface area contributed by atoms with Gasteiger partial charge in [-0.3, -0.25) is 9.80 Å². The fourth-order valence-corrected chi connectivity index (χ4v) is 1.58. The molecular weight excluding hydrogens is 160 g/mol. The summed E-state index contributed by atoms with van der Waals surface area (Å²) in [6.07, 6.45) is 0. The molecule has 11 heavy (non-hydrogen) atoms. The summed E-state index contributed by atoms with van der Waals surface area (Å²) < 4.78 is 0. The Bertz CT molecular complexity index is 105. The molecule has 1 aliphatic rings. The summed E-state index contributed by atoms with van der Waals surface area (Å²) in [5.74, 6) is 0.854. The molecule has 0 atom stereocenters. The van der Waals surface area contributed by atoms with Gasteiger partial charge >= 0.3 is 0 Å². The van der Waals surface area contributed by atoms with Crippen molar-refractivity contribution in [3.63, 3.8) is 0 Å². The van der Waals surface area contributed by atoms with Gasteiger partial charge in [0.15, 0.2) is 0 Å². The molecule has 0 aromatic heterocycles. The standard InChI is InChI=1S/C7H16N2OS/c10-6-5-8-1-3-9(7-11)4-2-8/h10-11H,1-7H2. The lowest BCUT2D eigenvalue weighted by molar-refractivity contribution is 0.125. The third kappa shape index (κ3) is 2.99. The van der Waals surface area contributed by atoms with Crippen LogP contribution < -0.4 is 0 Å². The van der Waals surface area contributed by atoms with Gasteiger partial charge in [0.05, 0.1) is 6.61 Å². The number of aliphatic hydroxyl groups is 1. The van der Waals surface area contributed by atoms with Gasteiger partial charge in [-0.05, 0) is 0 Å². The maximum absolute atomic E-state index is 8.67. The average molecular weight is 176 g/mol. The lowest BCUT2D eigenvalue weighted by atomic mass is 10.3. The molecule has 0 radical (unpaired) electrons. The Hall–Kier alpha value is 0.230. The molecule has 0 bridgehead atoms. The van der Waals surface area contributed by atoms with Gasteiger partial charge in [0.1, 0.15) is 0 Å². The number of rotatable bonds is 3. The summed E-state index contributed by atoms with van der Waals surface area (Å²) in [6, 6.07) is 0.